The molecule has 0 bridgehead atoms. The second kappa shape index (κ2) is 5.07. The number of piperazine rings is 1. The van der Waals surface area contributed by atoms with Crippen LogP contribution in [-0.2, 0) is 9.59 Å². The fourth-order valence-electron chi connectivity index (χ4n) is 1.36. The highest BCUT2D eigenvalue weighted by Crippen LogP contribution is 1.95. The van der Waals surface area contributed by atoms with E-state index < -0.39 is 0 Å². The van der Waals surface area contributed by atoms with Crippen LogP contribution in [0.15, 0.2) is 0 Å². The fourth-order valence-corrected chi connectivity index (χ4v) is 1.36. The molecule has 0 aromatic carbocycles. The van der Waals surface area contributed by atoms with E-state index in [0.717, 1.165) is 26.2 Å². The first-order chi connectivity index (χ1) is 6.58. The molecule has 1 N–H and O–H groups in total. The number of hydrazine groups is 1. The Morgan fingerprint density at radius 2 is 1.79 bits per heavy atom. The number of rotatable bonds is 3. The van der Waals surface area contributed by atoms with Crippen LogP contribution in [0.3, 0.4) is 0 Å². The third-order valence-electron chi connectivity index (χ3n) is 2.20. The molecular formula is C9H17N3O2. The van der Waals surface area contributed by atoms with Gasteiger partial charge in [-0.2, -0.15) is 0 Å². The van der Waals surface area contributed by atoms with Gasteiger partial charge in [-0.3, -0.25) is 15.0 Å². The second-order valence-electron chi connectivity index (χ2n) is 3.70. The molecule has 0 aliphatic carbocycles. The fraction of sp³-hybridized carbons (Fsp3) is 0.778. The lowest BCUT2D eigenvalue weighted by molar-refractivity contribution is -0.131. The summed E-state index contributed by atoms with van der Waals surface area (Å²) < 4.78 is 0. The lowest BCUT2D eigenvalue weighted by Gasteiger charge is -2.32. The van der Waals surface area contributed by atoms with Crippen LogP contribution in [0.5, 0.6) is 0 Å². The average molecular weight is 199 g/mol. The van der Waals surface area contributed by atoms with Gasteiger partial charge in [0.25, 0.3) is 0 Å². The summed E-state index contributed by atoms with van der Waals surface area (Å²) in [6, 6.07) is 0. The number of hydrogen-bond donors (Lipinski definition) is 1. The molecule has 0 radical (unpaired) electrons. The van der Waals surface area contributed by atoms with E-state index in [-0.39, 0.29) is 18.1 Å². The molecule has 0 saturated carbocycles. The molecule has 0 atom stereocenters. The molecule has 1 fully saturated rings. The van der Waals surface area contributed by atoms with Crippen molar-refractivity contribution in [2.75, 3.05) is 33.2 Å². The van der Waals surface area contributed by atoms with Crippen LogP contribution in [0.1, 0.15) is 13.3 Å². The van der Waals surface area contributed by atoms with Crippen LogP contribution in [0, 0.1) is 0 Å². The maximum atomic E-state index is 11.2. The molecule has 1 saturated heterocycles. The lowest BCUT2D eigenvalue weighted by Crippen LogP contribution is -2.52. The van der Waals surface area contributed by atoms with Gasteiger partial charge >= 0.3 is 0 Å². The van der Waals surface area contributed by atoms with Crippen molar-refractivity contribution in [1.29, 1.82) is 0 Å². The Hall–Kier alpha value is -0.940. The zero-order chi connectivity index (χ0) is 10.6. The molecule has 1 heterocycles. The highest BCUT2D eigenvalue weighted by molar-refractivity contribution is 5.96. The van der Waals surface area contributed by atoms with Gasteiger partial charge in [0.05, 0.1) is 6.42 Å². The molecule has 5 heteroatoms. The van der Waals surface area contributed by atoms with Gasteiger partial charge < -0.3 is 4.90 Å². The van der Waals surface area contributed by atoms with Gasteiger partial charge in [0, 0.05) is 26.2 Å². The van der Waals surface area contributed by atoms with Crippen LogP contribution in [0.4, 0.5) is 0 Å². The first-order valence-electron chi connectivity index (χ1n) is 4.80. The number of Topliss-reactive ketones (excluding diaryl/α,β-unsaturated/α-hetero) is 1. The van der Waals surface area contributed by atoms with Gasteiger partial charge in [-0.1, -0.05) is 0 Å². The highest BCUT2D eigenvalue weighted by Gasteiger charge is 2.15. The molecule has 1 aliphatic heterocycles. The number of ketones is 1. The standard InChI is InChI=1S/C9H17N3O2/c1-8(13)7-9(14)10-12-5-3-11(2)4-6-12/h3-7H2,1-2H3,(H,10,14). The van der Waals surface area contributed by atoms with Crippen molar-refractivity contribution in [2.24, 2.45) is 0 Å². The van der Waals surface area contributed by atoms with Gasteiger partial charge in [-0.15, -0.1) is 0 Å². The van der Waals surface area contributed by atoms with Crippen LogP contribution in [0.2, 0.25) is 0 Å². The number of nitrogens with zero attached hydrogens (tertiary/aromatic N) is 2. The normalized spacial score (nSPS) is 19.3. The molecule has 1 amide bonds. The van der Waals surface area contributed by atoms with Crippen LogP contribution in [-0.4, -0.2) is 54.8 Å². The van der Waals surface area contributed by atoms with Gasteiger partial charge in [-0.25, -0.2) is 5.01 Å². The minimum absolute atomic E-state index is 0.0215. The van der Waals surface area contributed by atoms with Gasteiger partial charge in [0.2, 0.25) is 5.91 Å². The molecule has 0 spiro atoms. The van der Waals surface area contributed by atoms with E-state index in [4.69, 9.17) is 0 Å². The smallest absolute Gasteiger partial charge is 0.241 e. The molecule has 1 rings (SSSR count). The summed E-state index contributed by atoms with van der Waals surface area (Å²) in [6.07, 6.45) is -0.0215. The Bertz CT molecular complexity index is 222. The van der Waals surface area contributed by atoms with E-state index in [1.54, 1.807) is 0 Å². The molecule has 14 heavy (non-hydrogen) atoms. The van der Waals surface area contributed by atoms with Gasteiger partial charge in [-0.05, 0) is 14.0 Å². The Labute approximate surface area is 84.0 Å². The summed E-state index contributed by atoms with van der Waals surface area (Å²) in [4.78, 5) is 24.1. The van der Waals surface area contributed by atoms with Crippen LogP contribution in [0.25, 0.3) is 0 Å². The summed E-state index contributed by atoms with van der Waals surface area (Å²) in [5.41, 5.74) is 2.72. The maximum Gasteiger partial charge on any atom is 0.241 e. The molecular weight excluding hydrogens is 182 g/mol. The Kier molecular flexibility index (Phi) is 4.03. The SMILES string of the molecule is CC(=O)CC(=O)NN1CCN(C)CC1. The lowest BCUT2D eigenvalue weighted by atomic mass is 10.3. The third-order valence-corrected chi connectivity index (χ3v) is 2.20. The highest BCUT2D eigenvalue weighted by atomic mass is 16.2. The van der Waals surface area contributed by atoms with Gasteiger partial charge in [0.15, 0.2) is 0 Å². The predicted molar refractivity (Wildman–Crippen MR) is 52.5 cm³/mol. The molecule has 0 aromatic heterocycles. The Morgan fingerprint density at radius 1 is 1.21 bits per heavy atom. The number of amides is 1. The first-order valence-corrected chi connectivity index (χ1v) is 4.80. The molecule has 0 aromatic rings. The van der Waals surface area contributed by atoms with E-state index in [9.17, 15) is 9.59 Å². The zero-order valence-electron chi connectivity index (χ0n) is 8.75. The Morgan fingerprint density at radius 3 is 2.29 bits per heavy atom. The summed E-state index contributed by atoms with van der Waals surface area (Å²) in [5.74, 6) is -0.307. The second-order valence-corrected chi connectivity index (χ2v) is 3.70. The maximum absolute atomic E-state index is 11.2. The average Bonchev–Trinajstić information content (AvgIpc) is 2.07. The van der Waals surface area contributed by atoms with Crippen molar-refractivity contribution in [3.8, 4) is 0 Å². The molecule has 1 aliphatic rings. The minimum Gasteiger partial charge on any atom is -0.304 e. The quantitative estimate of drug-likeness (QED) is 0.607. The van der Waals surface area contributed by atoms with E-state index in [1.807, 2.05) is 5.01 Å². The summed E-state index contributed by atoms with van der Waals surface area (Å²) in [7, 11) is 2.05. The first kappa shape index (κ1) is 11.1. The van der Waals surface area contributed by atoms with Crippen LogP contribution < -0.4 is 5.43 Å². The monoisotopic (exact) mass is 199 g/mol. The topological polar surface area (TPSA) is 52.7 Å². The number of nitrogens with one attached hydrogen (secondary N) is 1. The van der Waals surface area contributed by atoms with Crippen molar-refractivity contribution in [3.05, 3.63) is 0 Å². The van der Waals surface area contributed by atoms with E-state index >= 15 is 0 Å². The zero-order valence-corrected chi connectivity index (χ0v) is 8.75. The summed E-state index contributed by atoms with van der Waals surface area (Å²) in [6.45, 7) is 4.95. The third kappa shape index (κ3) is 3.85. The largest absolute Gasteiger partial charge is 0.304 e. The minimum atomic E-state index is -0.206. The Balaban J connectivity index is 2.24. The summed E-state index contributed by atoms with van der Waals surface area (Å²) >= 11 is 0. The number of hydrogen-bond acceptors (Lipinski definition) is 4. The number of likely N-dealkylation sites (N-methyl/N-ethyl adjacent to an activating group) is 1. The molecule has 0 unspecified atom stereocenters. The van der Waals surface area contributed by atoms with E-state index in [2.05, 4.69) is 17.4 Å². The number of carbonyl (C=O) groups excluding carboxylic acids is 2. The van der Waals surface area contributed by atoms with Crippen molar-refractivity contribution in [1.82, 2.24) is 15.3 Å². The molecule has 80 valence electrons. The van der Waals surface area contributed by atoms with E-state index in [0.29, 0.717) is 0 Å². The van der Waals surface area contributed by atoms with Crippen molar-refractivity contribution >= 4 is 11.7 Å². The van der Waals surface area contributed by atoms with Crippen molar-refractivity contribution in [2.45, 2.75) is 13.3 Å². The van der Waals surface area contributed by atoms with Gasteiger partial charge in [0.1, 0.15) is 5.78 Å². The van der Waals surface area contributed by atoms with Crippen molar-refractivity contribution in [3.63, 3.8) is 0 Å². The van der Waals surface area contributed by atoms with E-state index in [1.165, 1.54) is 6.92 Å². The molecule has 5 nitrogen and oxygen atoms in total. The van der Waals surface area contributed by atoms with Crippen LogP contribution >= 0.6 is 0 Å². The predicted octanol–water partition coefficient (Wildman–Crippen LogP) is -0.756. The van der Waals surface area contributed by atoms with Crippen molar-refractivity contribution < 1.29 is 9.59 Å². The summed E-state index contributed by atoms with van der Waals surface area (Å²) in [5, 5.41) is 1.87. The number of carbonyl (C=O) groups is 2.